The topological polar surface area (TPSA) is 26.0 Å². The Kier molecular flexibility index (Phi) is 5.90. The van der Waals surface area contributed by atoms with E-state index >= 15 is 0 Å². The maximum Gasteiger partial charge on any atom is 0.441 e. The minimum atomic E-state index is -4.11. The van der Waals surface area contributed by atoms with Crippen molar-refractivity contribution in [3.63, 3.8) is 0 Å². The first kappa shape index (κ1) is 14.1. The van der Waals surface area contributed by atoms with Gasteiger partial charge in [-0.15, -0.1) is 0 Å². The summed E-state index contributed by atoms with van der Waals surface area (Å²) >= 11 is 0.0412. The average Bonchev–Trinajstić information content (AvgIpc) is 1.94. The van der Waals surface area contributed by atoms with Crippen LogP contribution in [-0.2, 0) is 0 Å². The van der Waals surface area contributed by atoms with E-state index in [9.17, 15) is 13.2 Å². The molecule has 0 aromatic heterocycles. The predicted octanol–water partition coefficient (Wildman–Crippen LogP) is 3.25. The second-order valence-corrected chi connectivity index (χ2v) is 5.01. The molecule has 2 N–H and O–H groups in total. The van der Waals surface area contributed by atoms with Crippen LogP contribution in [0.3, 0.4) is 0 Å². The molecule has 1 nitrogen and oxygen atoms in total. The lowest BCUT2D eigenvalue weighted by atomic mass is 9.88. The molecule has 0 heterocycles. The van der Waals surface area contributed by atoms with E-state index in [1.807, 2.05) is 20.8 Å². The molecule has 0 spiro atoms. The Morgan fingerprint density at radius 3 is 2.00 bits per heavy atom. The van der Waals surface area contributed by atoms with Crippen LogP contribution in [0.1, 0.15) is 27.2 Å². The maximum absolute atomic E-state index is 11.8. The minimum Gasteiger partial charge on any atom is -0.328 e. The summed E-state index contributed by atoms with van der Waals surface area (Å²) in [4.78, 5) is 0. The Bertz CT molecular complexity index is 149. The van der Waals surface area contributed by atoms with Crippen molar-refractivity contribution >= 4 is 11.8 Å². The number of rotatable bonds is 5. The van der Waals surface area contributed by atoms with Crippen LogP contribution in [0.2, 0.25) is 0 Å². The highest BCUT2D eigenvalue weighted by Crippen LogP contribution is 2.32. The van der Waals surface area contributed by atoms with Crippen molar-refractivity contribution in [2.45, 2.75) is 38.7 Å². The second-order valence-electron chi connectivity index (χ2n) is 3.85. The maximum atomic E-state index is 11.8. The van der Waals surface area contributed by atoms with E-state index in [-0.39, 0.29) is 29.5 Å². The summed E-state index contributed by atoms with van der Waals surface area (Å²) in [6.07, 6.45) is 0.527. The van der Waals surface area contributed by atoms with Gasteiger partial charge in [-0.25, -0.2) is 0 Å². The van der Waals surface area contributed by atoms with Crippen LogP contribution in [0.25, 0.3) is 0 Å². The third kappa shape index (κ3) is 6.54. The van der Waals surface area contributed by atoms with Crippen molar-refractivity contribution in [3.8, 4) is 0 Å². The van der Waals surface area contributed by atoms with Gasteiger partial charge in [0.15, 0.2) is 0 Å². The van der Waals surface area contributed by atoms with Crippen molar-refractivity contribution < 1.29 is 13.2 Å². The van der Waals surface area contributed by atoms with Gasteiger partial charge in [0.25, 0.3) is 0 Å². The molecule has 0 aliphatic carbocycles. The Balaban J connectivity index is 3.84. The lowest BCUT2D eigenvalue weighted by Gasteiger charge is -2.24. The second kappa shape index (κ2) is 5.85. The van der Waals surface area contributed by atoms with Crippen LogP contribution < -0.4 is 5.73 Å². The molecule has 0 radical (unpaired) electrons. The molecule has 0 aromatic carbocycles. The fourth-order valence-electron chi connectivity index (χ4n) is 1.51. The molecule has 0 rings (SSSR count). The fraction of sp³-hybridized carbons (Fsp3) is 1.00. The Morgan fingerprint density at radius 1 is 1.21 bits per heavy atom. The van der Waals surface area contributed by atoms with Gasteiger partial charge in [0, 0.05) is 11.8 Å². The van der Waals surface area contributed by atoms with Crippen molar-refractivity contribution in [1.29, 1.82) is 0 Å². The van der Waals surface area contributed by atoms with Crippen molar-refractivity contribution in [2.75, 3.05) is 5.75 Å². The number of nitrogens with two attached hydrogens (primary N) is 1. The standard InChI is InChI=1S/C9H18F3NS/c1-6(2)8(7(3)13)4-5-14-9(10,11)12/h6-8H,4-5,13H2,1-3H3. The molecule has 86 valence electrons. The monoisotopic (exact) mass is 229 g/mol. The van der Waals surface area contributed by atoms with E-state index in [1.54, 1.807) is 0 Å². The zero-order chi connectivity index (χ0) is 11.4. The van der Waals surface area contributed by atoms with Crippen molar-refractivity contribution in [1.82, 2.24) is 0 Å². The number of hydrogen-bond donors (Lipinski definition) is 1. The van der Waals surface area contributed by atoms with Gasteiger partial charge in [-0.05, 0) is 25.2 Å². The van der Waals surface area contributed by atoms with Crippen LogP contribution in [0.15, 0.2) is 0 Å². The van der Waals surface area contributed by atoms with Crippen LogP contribution in [0.5, 0.6) is 0 Å². The van der Waals surface area contributed by atoms with Gasteiger partial charge in [-0.3, -0.25) is 0 Å². The highest BCUT2D eigenvalue weighted by atomic mass is 32.2. The summed E-state index contributed by atoms with van der Waals surface area (Å²) in [6.45, 7) is 5.83. The van der Waals surface area contributed by atoms with E-state index in [4.69, 9.17) is 5.73 Å². The molecule has 0 aliphatic heterocycles. The van der Waals surface area contributed by atoms with Gasteiger partial charge in [-0.1, -0.05) is 25.6 Å². The van der Waals surface area contributed by atoms with Crippen LogP contribution in [-0.4, -0.2) is 17.3 Å². The largest absolute Gasteiger partial charge is 0.441 e. The molecule has 2 unspecified atom stereocenters. The van der Waals surface area contributed by atoms with E-state index in [1.165, 1.54) is 0 Å². The SMILES string of the molecule is CC(C)C(CCSC(F)(F)F)C(C)N. The third-order valence-corrected chi connectivity index (χ3v) is 3.02. The van der Waals surface area contributed by atoms with Crippen molar-refractivity contribution in [3.05, 3.63) is 0 Å². The molecular weight excluding hydrogens is 211 g/mol. The lowest BCUT2D eigenvalue weighted by molar-refractivity contribution is -0.0328. The zero-order valence-electron chi connectivity index (χ0n) is 8.77. The van der Waals surface area contributed by atoms with E-state index in [2.05, 4.69) is 0 Å². The first-order chi connectivity index (χ1) is 6.24. The Labute approximate surface area is 87.6 Å². The molecule has 0 bridgehead atoms. The smallest absolute Gasteiger partial charge is 0.328 e. The molecule has 0 saturated heterocycles. The van der Waals surface area contributed by atoms with Gasteiger partial charge in [0.05, 0.1) is 0 Å². The zero-order valence-corrected chi connectivity index (χ0v) is 9.58. The number of halogens is 3. The highest BCUT2D eigenvalue weighted by Gasteiger charge is 2.28. The van der Waals surface area contributed by atoms with Crippen LogP contribution in [0, 0.1) is 11.8 Å². The quantitative estimate of drug-likeness (QED) is 0.783. The molecule has 0 saturated carbocycles. The predicted molar refractivity (Wildman–Crippen MR) is 55.1 cm³/mol. The van der Waals surface area contributed by atoms with E-state index < -0.39 is 5.51 Å². The fourth-order valence-corrected chi connectivity index (χ4v) is 2.14. The minimum absolute atomic E-state index is 0.0381. The molecule has 14 heavy (non-hydrogen) atoms. The lowest BCUT2D eigenvalue weighted by Crippen LogP contribution is -2.31. The first-order valence-electron chi connectivity index (χ1n) is 4.70. The van der Waals surface area contributed by atoms with Gasteiger partial charge >= 0.3 is 5.51 Å². The van der Waals surface area contributed by atoms with E-state index in [0.29, 0.717) is 12.3 Å². The molecule has 2 atom stereocenters. The van der Waals surface area contributed by atoms with Gasteiger partial charge in [0.1, 0.15) is 0 Å². The molecule has 5 heteroatoms. The van der Waals surface area contributed by atoms with Gasteiger partial charge in [-0.2, -0.15) is 13.2 Å². The summed E-state index contributed by atoms with van der Waals surface area (Å²) in [6, 6.07) is -0.0381. The molecule has 0 aliphatic rings. The Hall–Kier alpha value is 0.1000. The summed E-state index contributed by atoms with van der Waals surface area (Å²) in [5.41, 5.74) is 1.59. The number of alkyl halides is 3. The van der Waals surface area contributed by atoms with Gasteiger partial charge < -0.3 is 5.73 Å². The van der Waals surface area contributed by atoms with Crippen LogP contribution in [0.4, 0.5) is 13.2 Å². The summed E-state index contributed by atoms with van der Waals surface area (Å²) in [5.74, 6) is 0.613. The normalized spacial score (nSPS) is 17.1. The van der Waals surface area contributed by atoms with Crippen LogP contribution >= 0.6 is 11.8 Å². The van der Waals surface area contributed by atoms with Crippen molar-refractivity contribution in [2.24, 2.45) is 17.6 Å². The Morgan fingerprint density at radius 2 is 1.71 bits per heavy atom. The molecule has 0 fully saturated rings. The van der Waals surface area contributed by atoms with E-state index in [0.717, 1.165) is 0 Å². The molecular formula is C9H18F3NS. The number of hydrogen-bond acceptors (Lipinski definition) is 2. The first-order valence-corrected chi connectivity index (χ1v) is 5.69. The summed E-state index contributed by atoms with van der Waals surface area (Å²) in [5, 5.41) is 0. The highest BCUT2D eigenvalue weighted by molar-refractivity contribution is 8.00. The molecule has 0 amide bonds. The average molecular weight is 229 g/mol. The third-order valence-electron chi connectivity index (χ3n) is 2.25. The molecule has 0 aromatic rings. The summed E-state index contributed by atoms with van der Waals surface area (Å²) in [7, 11) is 0. The van der Waals surface area contributed by atoms with Gasteiger partial charge in [0.2, 0.25) is 0 Å². The number of thioether (sulfide) groups is 1. The summed E-state index contributed by atoms with van der Waals surface area (Å²) < 4.78 is 35.5.